The van der Waals surface area contributed by atoms with Crippen molar-refractivity contribution in [3.63, 3.8) is 0 Å². The predicted octanol–water partition coefficient (Wildman–Crippen LogP) is 0.523. The zero-order valence-electron chi connectivity index (χ0n) is 12.8. The molecule has 0 radical (unpaired) electrons. The van der Waals surface area contributed by atoms with Crippen molar-refractivity contribution < 1.29 is 33.6 Å². The van der Waals surface area contributed by atoms with E-state index in [1.54, 1.807) is 4.90 Å². The molecule has 8 heteroatoms. The van der Waals surface area contributed by atoms with E-state index >= 15 is 0 Å². The Morgan fingerprint density at radius 1 is 1.35 bits per heavy atom. The number of ether oxygens (including phenoxy) is 4. The molecule has 2 aliphatic rings. The highest BCUT2D eigenvalue weighted by Crippen LogP contribution is 2.37. The van der Waals surface area contributed by atoms with Crippen LogP contribution in [0.3, 0.4) is 0 Å². The molecule has 23 heavy (non-hydrogen) atoms. The van der Waals surface area contributed by atoms with Crippen LogP contribution in [0.1, 0.15) is 16.8 Å². The number of carbonyl (C=O) groups excluding carboxylic acids is 2. The fourth-order valence-corrected chi connectivity index (χ4v) is 2.61. The number of hydrogen-bond donors (Lipinski definition) is 1. The standard InChI is InChI=1S/C15H17NO7/c1-20-10-3-8(4-11(21-2)14(10)18)15(19)22-7-9-6-16-12(17)5-13(16)23-9/h3-4,9,13,18H,5-7H2,1-2H3. The summed E-state index contributed by atoms with van der Waals surface area (Å²) in [6.07, 6.45) is -0.118. The molecule has 1 N–H and O–H groups in total. The summed E-state index contributed by atoms with van der Waals surface area (Å²) in [5.41, 5.74) is 0.189. The quantitative estimate of drug-likeness (QED) is 0.623. The van der Waals surface area contributed by atoms with E-state index in [9.17, 15) is 14.7 Å². The number of phenols is 1. The Balaban J connectivity index is 1.63. The summed E-state index contributed by atoms with van der Waals surface area (Å²) in [4.78, 5) is 25.0. The Hall–Kier alpha value is -2.48. The molecule has 3 rings (SSSR count). The van der Waals surface area contributed by atoms with Gasteiger partial charge in [0.1, 0.15) is 18.9 Å². The van der Waals surface area contributed by atoms with Gasteiger partial charge in [-0.3, -0.25) is 4.79 Å². The van der Waals surface area contributed by atoms with E-state index in [-0.39, 0.29) is 47.7 Å². The van der Waals surface area contributed by atoms with Crippen LogP contribution < -0.4 is 9.47 Å². The number of hydrogen-bond acceptors (Lipinski definition) is 7. The lowest BCUT2D eigenvalue weighted by molar-refractivity contribution is -0.156. The zero-order chi connectivity index (χ0) is 16.6. The van der Waals surface area contributed by atoms with E-state index in [2.05, 4.69) is 0 Å². The number of methoxy groups -OCH3 is 2. The zero-order valence-corrected chi connectivity index (χ0v) is 12.8. The summed E-state index contributed by atoms with van der Waals surface area (Å²) in [7, 11) is 2.74. The Bertz CT molecular complexity index is 620. The minimum atomic E-state index is -0.592. The van der Waals surface area contributed by atoms with E-state index in [0.29, 0.717) is 13.0 Å². The molecule has 124 valence electrons. The second kappa shape index (κ2) is 5.96. The predicted molar refractivity (Wildman–Crippen MR) is 76.5 cm³/mol. The van der Waals surface area contributed by atoms with Gasteiger partial charge in [0.25, 0.3) is 0 Å². The summed E-state index contributed by atoms with van der Waals surface area (Å²) in [5, 5.41) is 9.83. The molecule has 0 aromatic heterocycles. The van der Waals surface area contributed by atoms with Crippen molar-refractivity contribution in [3.8, 4) is 17.2 Å². The first-order valence-corrected chi connectivity index (χ1v) is 7.10. The molecule has 0 saturated carbocycles. The SMILES string of the molecule is COc1cc(C(=O)OCC2CN3C(=O)CC3O2)cc(OC)c1O. The summed E-state index contributed by atoms with van der Waals surface area (Å²) >= 11 is 0. The maximum Gasteiger partial charge on any atom is 0.338 e. The number of amides is 1. The number of carbonyl (C=O) groups is 2. The van der Waals surface area contributed by atoms with Crippen molar-refractivity contribution in [1.82, 2.24) is 4.90 Å². The van der Waals surface area contributed by atoms with Crippen molar-refractivity contribution in [2.24, 2.45) is 0 Å². The van der Waals surface area contributed by atoms with E-state index in [1.165, 1.54) is 26.4 Å². The van der Waals surface area contributed by atoms with Crippen molar-refractivity contribution in [2.45, 2.75) is 18.8 Å². The lowest BCUT2D eigenvalue weighted by atomic mass is 10.2. The molecule has 2 unspecified atom stereocenters. The maximum atomic E-state index is 12.1. The molecular weight excluding hydrogens is 306 g/mol. The van der Waals surface area contributed by atoms with Gasteiger partial charge in [0.2, 0.25) is 11.7 Å². The number of nitrogens with zero attached hydrogens (tertiary/aromatic N) is 1. The lowest BCUT2D eigenvalue weighted by Gasteiger charge is -2.31. The van der Waals surface area contributed by atoms with Gasteiger partial charge in [-0.05, 0) is 12.1 Å². The lowest BCUT2D eigenvalue weighted by Crippen LogP contribution is -2.48. The normalized spacial score (nSPS) is 22.3. The third kappa shape index (κ3) is 2.77. The monoisotopic (exact) mass is 323 g/mol. The highest BCUT2D eigenvalue weighted by molar-refractivity contribution is 5.91. The molecule has 0 aliphatic carbocycles. The average Bonchev–Trinajstić information content (AvgIpc) is 2.89. The molecule has 1 aromatic carbocycles. The van der Waals surface area contributed by atoms with Crippen LogP contribution in [-0.4, -0.2) is 61.6 Å². The van der Waals surface area contributed by atoms with Gasteiger partial charge in [-0.2, -0.15) is 0 Å². The summed E-state index contributed by atoms with van der Waals surface area (Å²) in [5.74, 6) is -0.498. The van der Waals surface area contributed by atoms with Gasteiger partial charge in [0.05, 0.1) is 32.7 Å². The van der Waals surface area contributed by atoms with Crippen molar-refractivity contribution in [3.05, 3.63) is 17.7 Å². The minimum absolute atomic E-state index is 0.0463. The van der Waals surface area contributed by atoms with Crippen LogP contribution in [0.5, 0.6) is 17.2 Å². The molecule has 2 atom stereocenters. The Morgan fingerprint density at radius 2 is 2.00 bits per heavy atom. The summed E-state index contributed by atoms with van der Waals surface area (Å²) < 4.78 is 20.8. The minimum Gasteiger partial charge on any atom is -0.502 e. The summed E-state index contributed by atoms with van der Waals surface area (Å²) in [6, 6.07) is 2.73. The fourth-order valence-electron chi connectivity index (χ4n) is 2.61. The van der Waals surface area contributed by atoms with E-state index in [4.69, 9.17) is 18.9 Å². The number of β-lactam (4-membered cyclic amide) rings is 1. The molecule has 0 spiro atoms. The number of rotatable bonds is 5. The topological polar surface area (TPSA) is 94.5 Å². The molecule has 2 saturated heterocycles. The Kier molecular flexibility index (Phi) is 3.99. The van der Waals surface area contributed by atoms with Gasteiger partial charge in [0.15, 0.2) is 11.5 Å². The van der Waals surface area contributed by atoms with Crippen LogP contribution >= 0.6 is 0 Å². The van der Waals surface area contributed by atoms with Gasteiger partial charge < -0.3 is 29.0 Å². The van der Waals surface area contributed by atoms with Crippen molar-refractivity contribution >= 4 is 11.9 Å². The second-order valence-corrected chi connectivity index (χ2v) is 5.29. The number of fused-ring (bicyclic) bond motifs is 1. The van der Waals surface area contributed by atoms with Crippen LogP contribution in [-0.2, 0) is 14.3 Å². The van der Waals surface area contributed by atoms with E-state index in [0.717, 1.165) is 0 Å². The number of aromatic hydroxyl groups is 1. The first kappa shape index (κ1) is 15.4. The van der Waals surface area contributed by atoms with Crippen LogP contribution in [0.15, 0.2) is 12.1 Å². The van der Waals surface area contributed by atoms with Gasteiger partial charge in [0, 0.05) is 0 Å². The average molecular weight is 323 g/mol. The van der Waals surface area contributed by atoms with Crippen LogP contribution in [0.2, 0.25) is 0 Å². The molecule has 8 nitrogen and oxygen atoms in total. The third-order valence-electron chi connectivity index (χ3n) is 3.88. The highest BCUT2D eigenvalue weighted by Gasteiger charge is 2.45. The fraction of sp³-hybridized carbons (Fsp3) is 0.467. The van der Waals surface area contributed by atoms with Gasteiger partial charge >= 0.3 is 5.97 Å². The summed E-state index contributed by atoms with van der Waals surface area (Å²) in [6.45, 7) is 0.476. The smallest absolute Gasteiger partial charge is 0.338 e. The largest absolute Gasteiger partial charge is 0.502 e. The Morgan fingerprint density at radius 3 is 2.52 bits per heavy atom. The first-order chi connectivity index (χ1) is 11.0. The van der Waals surface area contributed by atoms with Crippen LogP contribution in [0.4, 0.5) is 0 Å². The molecule has 1 aromatic rings. The molecule has 1 amide bonds. The molecule has 0 bridgehead atoms. The third-order valence-corrected chi connectivity index (χ3v) is 3.88. The van der Waals surface area contributed by atoms with Crippen molar-refractivity contribution in [1.29, 1.82) is 0 Å². The van der Waals surface area contributed by atoms with Crippen molar-refractivity contribution in [2.75, 3.05) is 27.4 Å². The van der Waals surface area contributed by atoms with Crippen LogP contribution in [0.25, 0.3) is 0 Å². The molecular formula is C15H17NO7. The number of esters is 1. The first-order valence-electron chi connectivity index (χ1n) is 7.10. The number of benzene rings is 1. The molecule has 2 fully saturated rings. The second-order valence-electron chi connectivity index (χ2n) is 5.29. The number of phenolic OH excluding ortho intramolecular Hbond substituents is 1. The maximum absolute atomic E-state index is 12.1. The van der Waals surface area contributed by atoms with E-state index in [1.807, 2.05) is 0 Å². The molecule has 2 aliphatic heterocycles. The van der Waals surface area contributed by atoms with Gasteiger partial charge in [-0.1, -0.05) is 0 Å². The Labute approximate surface area is 132 Å². The van der Waals surface area contributed by atoms with Gasteiger partial charge in [-0.25, -0.2) is 4.79 Å². The molecule has 2 heterocycles. The van der Waals surface area contributed by atoms with E-state index < -0.39 is 5.97 Å². The van der Waals surface area contributed by atoms with Crippen LogP contribution in [0, 0.1) is 0 Å². The van der Waals surface area contributed by atoms with Gasteiger partial charge in [-0.15, -0.1) is 0 Å². The highest BCUT2D eigenvalue weighted by atomic mass is 16.6.